The van der Waals surface area contributed by atoms with Gasteiger partial charge in [0, 0.05) is 6.42 Å². The fraction of sp³-hybridized carbons (Fsp3) is 0.318. The summed E-state index contributed by atoms with van der Waals surface area (Å²) in [5.74, 6) is -0.411. The zero-order valence-corrected chi connectivity index (χ0v) is 15.9. The highest BCUT2D eigenvalue weighted by Gasteiger charge is 2.52. The monoisotopic (exact) mass is 378 g/mol. The van der Waals surface area contributed by atoms with Gasteiger partial charge in [0.25, 0.3) is 5.91 Å². The number of amides is 2. The minimum atomic E-state index is -0.824. The van der Waals surface area contributed by atoms with Crippen LogP contribution < -0.4 is 0 Å². The van der Waals surface area contributed by atoms with E-state index in [2.05, 4.69) is 5.16 Å². The van der Waals surface area contributed by atoms with E-state index in [0.29, 0.717) is 18.6 Å². The molecule has 6 heteroatoms. The maximum atomic E-state index is 13.2. The number of hydrogen-bond donors (Lipinski definition) is 0. The second kappa shape index (κ2) is 7.11. The minimum Gasteiger partial charge on any atom is -0.441 e. The maximum Gasteiger partial charge on any atom is 0.417 e. The van der Waals surface area contributed by atoms with Gasteiger partial charge in [0.2, 0.25) is 6.10 Å². The van der Waals surface area contributed by atoms with Crippen molar-refractivity contribution in [1.82, 2.24) is 4.90 Å². The Morgan fingerprint density at radius 3 is 2.43 bits per heavy atom. The SMILES string of the molecule is CC1(C)OC(=O)N(C(=O)[C@@H]2CC(c3ccccc3)=NO2)[C@H]1Cc1ccccc1. The van der Waals surface area contributed by atoms with Gasteiger partial charge in [-0.15, -0.1) is 0 Å². The summed E-state index contributed by atoms with van der Waals surface area (Å²) in [6.45, 7) is 3.65. The highest BCUT2D eigenvalue weighted by molar-refractivity contribution is 6.06. The number of oxime groups is 1. The van der Waals surface area contributed by atoms with Crippen molar-refractivity contribution in [2.75, 3.05) is 0 Å². The fourth-order valence-corrected chi connectivity index (χ4v) is 3.66. The fourth-order valence-electron chi connectivity index (χ4n) is 3.66. The second-order valence-electron chi connectivity index (χ2n) is 7.59. The predicted molar refractivity (Wildman–Crippen MR) is 104 cm³/mol. The summed E-state index contributed by atoms with van der Waals surface area (Å²) < 4.78 is 5.51. The predicted octanol–water partition coefficient (Wildman–Crippen LogP) is 3.55. The van der Waals surface area contributed by atoms with Gasteiger partial charge >= 0.3 is 6.09 Å². The molecule has 2 aromatic rings. The van der Waals surface area contributed by atoms with Crippen LogP contribution in [0.3, 0.4) is 0 Å². The van der Waals surface area contributed by atoms with Crippen LogP contribution in [0.4, 0.5) is 4.79 Å². The van der Waals surface area contributed by atoms with Gasteiger partial charge in [0.1, 0.15) is 5.60 Å². The summed E-state index contributed by atoms with van der Waals surface area (Å²) in [5, 5.41) is 4.07. The van der Waals surface area contributed by atoms with Gasteiger partial charge in [0.05, 0.1) is 11.8 Å². The third-order valence-corrected chi connectivity index (χ3v) is 5.22. The Labute approximate surface area is 163 Å². The first kappa shape index (κ1) is 18.2. The molecule has 28 heavy (non-hydrogen) atoms. The molecule has 0 spiro atoms. The number of cyclic esters (lactones) is 1. The Morgan fingerprint density at radius 1 is 1.11 bits per heavy atom. The van der Waals surface area contributed by atoms with Gasteiger partial charge in [-0.05, 0) is 31.4 Å². The number of rotatable bonds is 4. The van der Waals surface area contributed by atoms with Gasteiger partial charge in [0.15, 0.2) is 0 Å². The zero-order chi connectivity index (χ0) is 19.7. The molecule has 0 aromatic heterocycles. The maximum absolute atomic E-state index is 13.2. The van der Waals surface area contributed by atoms with Crippen LogP contribution >= 0.6 is 0 Å². The van der Waals surface area contributed by atoms with Crippen LogP contribution in [0.5, 0.6) is 0 Å². The van der Waals surface area contributed by atoms with E-state index >= 15 is 0 Å². The van der Waals surface area contributed by atoms with Crippen LogP contribution in [0.25, 0.3) is 0 Å². The number of nitrogens with zero attached hydrogens (tertiary/aromatic N) is 2. The van der Waals surface area contributed by atoms with E-state index in [1.54, 1.807) is 0 Å². The molecule has 2 atom stereocenters. The molecule has 4 rings (SSSR count). The van der Waals surface area contributed by atoms with Gasteiger partial charge in [-0.3, -0.25) is 4.79 Å². The van der Waals surface area contributed by atoms with Crippen molar-refractivity contribution < 1.29 is 19.2 Å². The molecule has 0 aliphatic carbocycles. The third kappa shape index (κ3) is 3.38. The molecule has 1 fully saturated rings. The van der Waals surface area contributed by atoms with E-state index in [-0.39, 0.29) is 0 Å². The summed E-state index contributed by atoms with van der Waals surface area (Å²) in [7, 11) is 0. The topological polar surface area (TPSA) is 68.2 Å². The molecule has 0 unspecified atom stereocenters. The number of ether oxygens (including phenoxy) is 1. The largest absolute Gasteiger partial charge is 0.441 e. The van der Waals surface area contributed by atoms with Crippen LogP contribution in [0.15, 0.2) is 65.8 Å². The Bertz CT molecular complexity index is 909. The molecule has 2 amide bonds. The Hall–Kier alpha value is -3.15. The van der Waals surface area contributed by atoms with Crippen LogP contribution in [-0.4, -0.2) is 40.4 Å². The van der Waals surface area contributed by atoms with Crippen molar-refractivity contribution in [1.29, 1.82) is 0 Å². The normalized spacial score (nSPS) is 23.1. The van der Waals surface area contributed by atoms with Crippen LogP contribution in [0.2, 0.25) is 0 Å². The summed E-state index contributed by atoms with van der Waals surface area (Å²) >= 11 is 0. The highest BCUT2D eigenvalue weighted by atomic mass is 16.6. The van der Waals surface area contributed by atoms with E-state index in [1.807, 2.05) is 74.5 Å². The van der Waals surface area contributed by atoms with Crippen molar-refractivity contribution in [2.45, 2.75) is 44.4 Å². The van der Waals surface area contributed by atoms with Crippen molar-refractivity contribution in [3.05, 3.63) is 71.8 Å². The first-order chi connectivity index (χ1) is 13.5. The Balaban J connectivity index is 1.53. The molecular weight excluding hydrogens is 356 g/mol. The molecule has 0 N–H and O–H groups in total. The molecule has 144 valence electrons. The quantitative estimate of drug-likeness (QED) is 0.816. The molecule has 0 radical (unpaired) electrons. The van der Waals surface area contributed by atoms with E-state index in [1.165, 1.54) is 4.90 Å². The van der Waals surface area contributed by atoms with Gasteiger partial charge < -0.3 is 9.57 Å². The lowest BCUT2D eigenvalue weighted by molar-refractivity contribution is -0.140. The van der Waals surface area contributed by atoms with Crippen LogP contribution in [0.1, 0.15) is 31.4 Å². The molecule has 2 aliphatic heterocycles. The summed E-state index contributed by atoms with van der Waals surface area (Å²) in [4.78, 5) is 32.3. The molecule has 2 aromatic carbocycles. The molecule has 1 saturated heterocycles. The van der Waals surface area contributed by atoms with Crippen molar-refractivity contribution >= 4 is 17.7 Å². The smallest absolute Gasteiger partial charge is 0.417 e. The number of hydrogen-bond acceptors (Lipinski definition) is 5. The molecule has 0 bridgehead atoms. The summed E-state index contributed by atoms with van der Waals surface area (Å²) in [6, 6.07) is 18.9. The molecule has 0 saturated carbocycles. The van der Waals surface area contributed by atoms with Gasteiger partial charge in [-0.1, -0.05) is 65.8 Å². The summed E-state index contributed by atoms with van der Waals surface area (Å²) in [5.41, 5.74) is 1.85. The van der Waals surface area contributed by atoms with Gasteiger partial charge in [-0.2, -0.15) is 0 Å². The van der Waals surface area contributed by atoms with E-state index < -0.39 is 29.7 Å². The van der Waals surface area contributed by atoms with Crippen molar-refractivity contribution in [3.8, 4) is 0 Å². The molecule has 6 nitrogen and oxygen atoms in total. The average molecular weight is 378 g/mol. The Kier molecular flexibility index (Phi) is 4.63. The zero-order valence-electron chi connectivity index (χ0n) is 15.9. The number of carbonyl (C=O) groups is 2. The second-order valence-corrected chi connectivity index (χ2v) is 7.59. The number of carbonyl (C=O) groups excluding carboxylic acids is 2. The standard InChI is InChI=1S/C22H22N2O4/c1-22(2)19(13-15-9-5-3-6-10-15)24(21(26)27-22)20(25)18-14-17(23-28-18)16-11-7-4-8-12-16/h3-12,18-19H,13-14H2,1-2H3/t18-,19-/m0/s1. The Morgan fingerprint density at radius 2 is 1.75 bits per heavy atom. The molecule has 2 aliphatic rings. The first-order valence-electron chi connectivity index (χ1n) is 9.34. The van der Waals surface area contributed by atoms with E-state index in [0.717, 1.165) is 11.1 Å². The van der Waals surface area contributed by atoms with Crippen molar-refractivity contribution in [2.24, 2.45) is 5.16 Å². The molecule has 2 heterocycles. The first-order valence-corrected chi connectivity index (χ1v) is 9.34. The van der Waals surface area contributed by atoms with E-state index in [9.17, 15) is 9.59 Å². The average Bonchev–Trinajstić information content (AvgIpc) is 3.26. The lowest BCUT2D eigenvalue weighted by Crippen LogP contribution is -2.49. The third-order valence-electron chi connectivity index (χ3n) is 5.22. The number of benzene rings is 2. The lowest BCUT2D eigenvalue weighted by Gasteiger charge is -2.28. The highest BCUT2D eigenvalue weighted by Crippen LogP contribution is 2.33. The number of imide groups is 1. The minimum absolute atomic E-state index is 0.325. The van der Waals surface area contributed by atoms with E-state index in [4.69, 9.17) is 9.57 Å². The van der Waals surface area contributed by atoms with Gasteiger partial charge in [-0.25, -0.2) is 9.69 Å². The molecular formula is C22H22N2O4. The van der Waals surface area contributed by atoms with Crippen LogP contribution in [-0.2, 0) is 20.8 Å². The lowest BCUT2D eigenvalue weighted by atomic mass is 9.91. The van der Waals surface area contributed by atoms with Crippen LogP contribution in [0, 0.1) is 0 Å². The summed E-state index contributed by atoms with van der Waals surface area (Å²) in [6.07, 6.45) is -0.613. The van der Waals surface area contributed by atoms with Crippen molar-refractivity contribution in [3.63, 3.8) is 0 Å².